The number of nitrogen functional groups attached to an aromatic ring is 1. The van der Waals surface area contributed by atoms with Crippen LogP contribution in [0.5, 0.6) is 0 Å². The van der Waals surface area contributed by atoms with E-state index in [-0.39, 0.29) is 16.9 Å². The third-order valence-electron chi connectivity index (χ3n) is 2.98. The summed E-state index contributed by atoms with van der Waals surface area (Å²) in [5, 5.41) is 11.1. The molecule has 0 unspecified atom stereocenters. The lowest BCUT2D eigenvalue weighted by molar-refractivity contribution is -0.384. The summed E-state index contributed by atoms with van der Waals surface area (Å²) in [4.78, 5) is 23.9. The Morgan fingerprint density at radius 1 is 1.29 bits per heavy atom. The van der Waals surface area contributed by atoms with Gasteiger partial charge in [-0.15, -0.1) is 0 Å². The van der Waals surface area contributed by atoms with Crippen LogP contribution in [0.4, 0.5) is 21.5 Å². The van der Waals surface area contributed by atoms with E-state index in [1.807, 2.05) is 0 Å². The number of carbonyl (C=O) groups excluding carboxylic acids is 1. The van der Waals surface area contributed by atoms with Gasteiger partial charge in [-0.2, -0.15) is 0 Å². The predicted octanol–water partition coefficient (Wildman–Crippen LogP) is 2.59. The van der Waals surface area contributed by atoms with E-state index in [9.17, 15) is 19.3 Å². The first kappa shape index (κ1) is 14.4. The highest BCUT2D eigenvalue weighted by atomic mass is 19.1. The van der Waals surface area contributed by atoms with E-state index in [2.05, 4.69) is 0 Å². The van der Waals surface area contributed by atoms with Crippen LogP contribution in [-0.4, -0.2) is 17.9 Å². The van der Waals surface area contributed by atoms with E-state index in [0.717, 1.165) is 11.0 Å². The Hall–Kier alpha value is -2.96. The van der Waals surface area contributed by atoms with Crippen LogP contribution in [0.3, 0.4) is 0 Å². The molecule has 108 valence electrons. The number of halogens is 1. The van der Waals surface area contributed by atoms with Crippen LogP contribution >= 0.6 is 0 Å². The number of nitrogens with two attached hydrogens (primary N) is 1. The number of hydrogen-bond acceptors (Lipinski definition) is 4. The van der Waals surface area contributed by atoms with Crippen molar-refractivity contribution in [3.8, 4) is 0 Å². The maximum Gasteiger partial charge on any atom is 0.304 e. The zero-order valence-electron chi connectivity index (χ0n) is 11.1. The Balaban J connectivity index is 2.45. The van der Waals surface area contributed by atoms with Crippen LogP contribution in [0.25, 0.3) is 0 Å². The summed E-state index contributed by atoms with van der Waals surface area (Å²) in [7, 11) is 1.41. The summed E-state index contributed by atoms with van der Waals surface area (Å²) in [5.41, 5.74) is 5.14. The second-order valence-corrected chi connectivity index (χ2v) is 4.34. The first-order valence-electron chi connectivity index (χ1n) is 5.98. The van der Waals surface area contributed by atoms with Crippen LogP contribution in [0.15, 0.2) is 42.5 Å². The summed E-state index contributed by atoms with van der Waals surface area (Å²) in [6, 6.07) is 9.49. The average molecular weight is 289 g/mol. The van der Waals surface area contributed by atoms with E-state index in [0.29, 0.717) is 0 Å². The van der Waals surface area contributed by atoms with Crippen molar-refractivity contribution in [3.05, 3.63) is 64.0 Å². The molecule has 0 atom stereocenters. The molecule has 0 heterocycles. The highest BCUT2D eigenvalue weighted by molar-refractivity contribution is 6.09. The van der Waals surface area contributed by atoms with Gasteiger partial charge in [0, 0.05) is 12.7 Å². The molecule has 0 aromatic heterocycles. The number of carbonyl (C=O) groups is 1. The molecule has 2 rings (SSSR count). The van der Waals surface area contributed by atoms with E-state index in [1.54, 1.807) is 0 Å². The van der Waals surface area contributed by atoms with Crippen LogP contribution in [0, 0.1) is 15.9 Å². The molecule has 6 nitrogen and oxygen atoms in total. The smallest absolute Gasteiger partial charge is 0.304 e. The summed E-state index contributed by atoms with van der Waals surface area (Å²) < 4.78 is 13.2. The van der Waals surface area contributed by atoms with Crippen molar-refractivity contribution in [2.24, 2.45) is 0 Å². The normalized spacial score (nSPS) is 10.2. The van der Waals surface area contributed by atoms with Gasteiger partial charge in [-0.1, -0.05) is 12.1 Å². The monoisotopic (exact) mass is 289 g/mol. The summed E-state index contributed by atoms with van der Waals surface area (Å²) in [5.74, 6) is -1.14. The third kappa shape index (κ3) is 2.81. The number of rotatable bonds is 3. The largest absolute Gasteiger partial charge is 0.393 e. The molecule has 0 aliphatic heterocycles. The summed E-state index contributed by atoms with van der Waals surface area (Å²) in [6.45, 7) is 0. The van der Waals surface area contributed by atoms with Crippen molar-refractivity contribution < 1.29 is 14.1 Å². The van der Waals surface area contributed by atoms with Crippen molar-refractivity contribution in [2.75, 3.05) is 17.7 Å². The molecule has 0 aliphatic rings. The lowest BCUT2D eigenvalue weighted by Crippen LogP contribution is -2.27. The first-order chi connectivity index (χ1) is 9.91. The fourth-order valence-electron chi connectivity index (χ4n) is 1.92. The Morgan fingerprint density at radius 3 is 2.57 bits per heavy atom. The summed E-state index contributed by atoms with van der Waals surface area (Å²) >= 11 is 0. The standard InChI is InChI=1S/C14H12FN3O3/c1-17(10-5-2-4-9(15)8-10)14(19)11-6-3-7-12(16)13(11)18(20)21/h2-8H,16H2,1H3. The number of hydrogen-bond donors (Lipinski definition) is 1. The third-order valence-corrected chi connectivity index (χ3v) is 2.98. The molecular formula is C14H12FN3O3. The Bertz CT molecular complexity index is 718. The molecule has 0 bridgehead atoms. The molecule has 2 aromatic carbocycles. The zero-order chi connectivity index (χ0) is 15.6. The molecular weight excluding hydrogens is 277 g/mol. The van der Waals surface area contributed by atoms with Crippen LogP contribution in [0.1, 0.15) is 10.4 Å². The molecule has 0 saturated heterocycles. The zero-order valence-corrected chi connectivity index (χ0v) is 11.1. The molecule has 0 fully saturated rings. The number of anilines is 2. The summed E-state index contributed by atoms with van der Waals surface area (Å²) in [6.07, 6.45) is 0. The van der Waals surface area contributed by atoms with Crippen LogP contribution in [0.2, 0.25) is 0 Å². The van der Waals surface area contributed by atoms with E-state index in [1.165, 1.54) is 43.4 Å². The topological polar surface area (TPSA) is 89.5 Å². The molecule has 1 amide bonds. The Morgan fingerprint density at radius 2 is 1.95 bits per heavy atom. The number of nitrogens with zero attached hydrogens (tertiary/aromatic N) is 2. The van der Waals surface area contributed by atoms with Crippen LogP contribution in [-0.2, 0) is 0 Å². The van der Waals surface area contributed by atoms with Gasteiger partial charge >= 0.3 is 5.69 Å². The Labute approximate surface area is 119 Å². The van der Waals surface area contributed by atoms with Crippen LogP contribution < -0.4 is 10.6 Å². The molecule has 0 aliphatic carbocycles. The molecule has 2 aromatic rings. The van der Waals surface area contributed by atoms with Gasteiger partial charge in [-0.05, 0) is 30.3 Å². The second kappa shape index (κ2) is 5.58. The van der Waals surface area contributed by atoms with Gasteiger partial charge < -0.3 is 10.6 Å². The SMILES string of the molecule is CN(C(=O)c1cccc(N)c1[N+](=O)[O-])c1cccc(F)c1. The minimum atomic E-state index is -0.706. The van der Waals surface area contributed by atoms with Gasteiger partial charge in [0.05, 0.1) is 4.92 Å². The van der Waals surface area contributed by atoms with Gasteiger partial charge in [-0.3, -0.25) is 14.9 Å². The van der Waals surface area contributed by atoms with E-state index in [4.69, 9.17) is 5.73 Å². The van der Waals surface area contributed by atoms with Crippen molar-refractivity contribution in [3.63, 3.8) is 0 Å². The van der Waals surface area contributed by atoms with Gasteiger partial charge in [0.25, 0.3) is 5.91 Å². The minimum Gasteiger partial charge on any atom is -0.393 e. The van der Waals surface area contributed by atoms with E-state index < -0.39 is 22.3 Å². The molecule has 7 heteroatoms. The van der Waals surface area contributed by atoms with Crippen molar-refractivity contribution in [2.45, 2.75) is 0 Å². The Kier molecular flexibility index (Phi) is 3.84. The fourth-order valence-corrected chi connectivity index (χ4v) is 1.92. The number of nitro benzene ring substituents is 1. The molecule has 0 saturated carbocycles. The first-order valence-corrected chi connectivity index (χ1v) is 5.98. The molecule has 21 heavy (non-hydrogen) atoms. The highest BCUT2D eigenvalue weighted by Gasteiger charge is 2.26. The lowest BCUT2D eigenvalue weighted by Gasteiger charge is -2.17. The predicted molar refractivity (Wildman–Crippen MR) is 76.6 cm³/mol. The highest BCUT2D eigenvalue weighted by Crippen LogP contribution is 2.28. The van der Waals surface area contributed by atoms with Gasteiger partial charge in [0.2, 0.25) is 0 Å². The lowest BCUT2D eigenvalue weighted by atomic mass is 10.1. The molecule has 2 N–H and O–H groups in total. The number of para-hydroxylation sites is 1. The van der Waals surface area contributed by atoms with Crippen molar-refractivity contribution in [1.82, 2.24) is 0 Å². The fraction of sp³-hybridized carbons (Fsp3) is 0.0714. The van der Waals surface area contributed by atoms with Gasteiger partial charge in [0.1, 0.15) is 17.1 Å². The van der Waals surface area contributed by atoms with Crippen molar-refractivity contribution in [1.29, 1.82) is 0 Å². The van der Waals surface area contributed by atoms with Crippen molar-refractivity contribution >= 4 is 23.0 Å². The maximum atomic E-state index is 13.2. The molecule has 0 radical (unpaired) electrons. The number of benzene rings is 2. The second-order valence-electron chi connectivity index (χ2n) is 4.34. The van der Waals surface area contributed by atoms with Gasteiger partial charge in [-0.25, -0.2) is 4.39 Å². The average Bonchev–Trinajstić information content (AvgIpc) is 2.45. The van der Waals surface area contributed by atoms with Gasteiger partial charge in [0.15, 0.2) is 0 Å². The maximum absolute atomic E-state index is 13.2. The minimum absolute atomic E-state index is 0.0986. The quantitative estimate of drug-likeness (QED) is 0.534. The van der Waals surface area contributed by atoms with E-state index >= 15 is 0 Å². The number of amides is 1. The number of nitro groups is 1. The molecule has 0 spiro atoms.